The van der Waals surface area contributed by atoms with Gasteiger partial charge in [0.15, 0.2) is 29.1 Å². The zero-order chi connectivity index (χ0) is 19.2. The van der Waals surface area contributed by atoms with Gasteiger partial charge in [0.2, 0.25) is 0 Å². The average molecular weight is 360 g/mol. The molecule has 0 aromatic rings. The first-order valence-electron chi connectivity index (χ1n) is 8.62. The van der Waals surface area contributed by atoms with Crippen molar-refractivity contribution in [2.75, 3.05) is 6.61 Å². The minimum Gasteiger partial charge on any atom is -0.374 e. The summed E-state index contributed by atoms with van der Waals surface area (Å²) < 4.78 is 22.9. The van der Waals surface area contributed by atoms with Crippen LogP contribution in [-0.4, -0.2) is 53.0 Å². The zero-order valence-corrected chi connectivity index (χ0v) is 15.5. The SMILES string of the molecule is C#CC[C@@](O)(C#CC1=CC[C@H]2OC(C)(C)O[C@@]12C=O)[C@@H]1COC(C)(C)O1. The van der Waals surface area contributed by atoms with Crippen LogP contribution in [0.1, 0.15) is 40.5 Å². The largest absolute Gasteiger partial charge is 0.374 e. The van der Waals surface area contributed by atoms with Crippen molar-refractivity contribution in [1.82, 2.24) is 0 Å². The van der Waals surface area contributed by atoms with Gasteiger partial charge in [-0.2, -0.15) is 0 Å². The topological polar surface area (TPSA) is 74.2 Å². The predicted molar refractivity (Wildman–Crippen MR) is 92.6 cm³/mol. The monoisotopic (exact) mass is 360 g/mol. The molecule has 0 aromatic carbocycles. The molecule has 0 saturated carbocycles. The number of fused-ring (bicyclic) bond motifs is 1. The summed E-state index contributed by atoms with van der Waals surface area (Å²) in [6.07, 6.45) is 7.30. The highest BCUT2D eigenvalue weighted by Crippen LogP contribution is 2.45. The molecule has 1 N–H and O–H groups in total. The lowest BCUT2D eigenvalue weighted by Crippen LogP contribution is -2.44. The molecular formula is C20H24O6. The number of carbonyl (C=O) groups excluding carboxylic acids is 1. The van der Waals surface area contributed by atoms with Crippen LogP contribution in [0.5, 0.6) is 0 Å². The predicted octanol–water partition coefficient (Wildman–Crippen LogP) is 1.31. The van der Waals surface area contributed by atoms with Crippen molar-refractivity contribution >= 4 is 6.29 Å². The molecule has 0 bridgehead atoms. The lowest BCUT2D eigenvalue weighted by Gasteiger charge is -2.27. The number of rotatable bonds is 3. The van der Waals surface area contributed by atoms with Crippen LogP contribution in [0.3, 0.4) is 0 Å². The van der Waals surface area contributed by atoms with Crippen LogP contribution >= 0.6 is 0 Å². The van der Waals surface area contributed by atoms with Crippen LogP contribution in [0.4, 0.5) is 0 Å². The third kappa shape index (κ3) is 3.20. The molecular weight excluding hydrogens is 336 g/mol. The van der Waals surface area contributed by atoms with Crippen LogP contribution < -0.4 is 0 Å². The highest BCUT2D eigenvalue weighted by atomic mass is 16.8. The molecule has 2 aliphatic heterocycles. The third-order valence-electron chi connectivity index (χ3n) is 4.78. The second-order valence-electron chi connectivity index (χ2n) is 7.75. The molecule has 0 amide bonds. The lowest BCUT2D eigenvalue weighted by atomic mass is 9.91. The van der Waals surface area contributed by atoms with Crippen molar-refractivity contribution in [2.45, 2.75) is 75.5 Å². The van der Waals surface area contributed by atoms with Crippen LogP contribution in [0.25, 0.3) is 0 Å². The summed E-state index contributed by atoms with van der Waals surface area (Å²) in [7, 11) is 0. The van der Waals surface area contributed by atoms with Gasteiger partial charge in [-0.3, -0.25) is 4.79 Å². The second-order valence-corrected chi connectivity index (χ2v) is 7.75. The van der Waals surface area contributed by atoms with E-state index in [4.69, 9.17) is 25.4 Å². The minimum absolute atomic E-state index is 0.0300. The van der Waals surface area contributed by atoms with Crippen LogP contribution in [-0.2, 0) is 23.7 Å². The number of ether oxygens (including phenoxy) is 4. The quantitative estimate of drug-likeness (QED) is 0.604. The Bertz CT molecular complexity index is 734. The number of terminal acetylenes is 1. The average Bonchev–Trinajstić information content (AvgIpc) is 3.14. The zero-order valence-electron chi connectivity index (χ0n) is 15.5. The highest BCUT2D eigenvalue weighted by molar-refractivity contribution is 5.75. The first-order chi connectivity index (χ1) is 12.1. The number of carbonyl (C=O) groups is 1. The minimum atomic E-state index is -1.60. The normalized spacial score (nSPS) is 36.2. The summed E-state index contributed by atoms with van der Waals surface area (Å²) in [6.45, 7) is 7.19. The van der Waals surface area contributed by atoms with E-state index >= 15 is 0 Å². The molecule has 2 saturated heterocycles. The summed E-state index contributed by atoms with van der Waals surface area (Å²) in [5, 5.41) is 11.0. The Kier molecular flexibility index (Phi) is 4.55. The fourth-order valence-corrected chi connectivity index (χ4v) is 3.57. The number of hydrogen-bond donors (Lipinski definition) is 1. The molecule has 6 nitrogen and oxygen atoms in total. The molecule has 0 unspecified atom stereocenters. The maximum absolute atomic E-state index is 11.8. The molecule has 4 atom stereocenters. The van der Waals surface area contributed by atoms with Gasteiger partial charge in [-0.25, -0.2) is 0 Å². The van der Waals surface area contributed by atoms with Gasteiger partial charge >= 0.3 is 0 Å². The number of aliphatic hydroxyl groups is 1. The van der Waals surface area contributed by atoms with E-state index in [0.717, 1.165) is 6.29 Å². The lowest BCUT2D eigenvalue weighted by molar-refractivity contribution is -0.161. The van der Waals surface area contributed by atoms with Gasteiger partial charge in [0.05, 0.1) is 13.0 Å². The van der Waals surface area contributed by atoms with Gasteiger partial charge in [0, 0.05) is 5.57 Å². The Labute approximate surface area is 153 Å². The van der Waals surface area contributed by atoms with Crippen molar-refractivity contribution in [3.05, 3.63) is 11.6 Å². The Morgan fingerprint density at radius 2 is 2.08 bits per heavy atom. The Morgan fingerprint density at radius 3 is 2.65 bits per heavy atom. The van der Waals surface area contributed by atoms with Gasteiger partial charge in [0.25, 0.3) is 0 Å². The van der Waals surface area contributed by atoms with Crippen LogP contribution in [0, 0.1) is 24.2 Å². The van der Waals surface area contributed by atoms with Gasteiger partial charge in [-0.15, -0.1) is 12.3 Å². The Hall–Kier alpha value is -1.67. The van der Waals surface area contributed by atoms with Crippen molar-refractivity contribution in [2.24, 2.45) is 0 Å². The molecule has 3 aliphatic rings. The maximum atomic E-state index is 11.8. The molecule has 26 heavy (non-hydrogen) atoms. The standard InChI is InChI=1S/C20H24O6/c1-6-10-19(22,16-12-23-17(2,3)25-16)11-9-14-7-8-15-20(14,13-21)26-18(4,5)24-15/h1,7,13,15-16,22H,8,10,12H2,2-5H3/t15-,16+,19-,20+/m1/s1. The van der Waals surface area contributed by atoms with E-state index in [1.54, 1.807) is 33.8 Å². The van der Waals surface area contributed by atoms with E-state index < -0.39 is 35.0 Å². The van der Waals surface area contributed by atoms with Crippen molar-refractivity contribution in [3.8, 4) is 24.2 Å². The van der Waals surface area contributed by atoms with E-state index in [0.29, 0.717) is 12.0 Å². The molecule has 3 rings (SSSR count). The molecule has 0 radical (unpaired) electrons. The summed E-state index contributed by atoms with van der Waals surface area (Å²) >= 11 is 0. The molecule has 0 spiro atoms. The maximum Gasteiger partial charge on any atom is 0.185 e. The molecule has 2 fully saturated rings. The Morgan fingerprint density at radius 1 is 1.35 bits per heavy atom. The van der Waals surface area contributed by atoms with Gasteiger partial charge in [-0.05, 0) is 34.1 Å². The fourth-order valence-electron chi connectivity index (χ4n) is 3.57. The number of hydrogen-bond acceptors (Lipinski definition) is 6. The van der Waals surface area contributed by atoms with Crippen LogP contribution in [0.2, 0.25) is 0 Å². The Balaban J connectivity index is 1.89. The van der Waals surface area contributed by atoms with E-state index in [9.17, 15) is 9.90 Å². The van der Waals surface area contributed by atoms with Crippen molar-refractivity contribution in [3.63, 3.8) is 0 Å². The van der Waals surface area contributed by atoms with E-state index in [1.807, 2.05) is 0 Å². The smallest absolute Gasteiger partial charge is 0.185 e. The van der Waals surface area contributed by atoms with E-state index in [2.05, 4.69) is 17.8 Å². The summed E-state index contributed by atoms with van der Waals surface area (Å²) in [6, 6.07) is 0. The second kappa shape index (κ2) is 6.20. The molecule has 1 aliphatic carbocycles. The van der Waals surface area contributed by atoms with Gasteiger partial charge in [0.1, 0.15) is 12.2 Å². The van der Waals surface area contributed by atoms with Gasteiger partial charge in [-0.1, -0.05) is 17.9 Å². The van der Waals surface area contributed by atoms with Crippen LogP contribution in [0.15, 0.2) is 11.6 Å². The summed E-state index contributed by atoms with van der Waals surface area (Å²) in [5.74, 6) is 6.46. The summed E-state index contributed by atoms with van der Waals surface area (Å²) in [4.78, 5) is 11.8. The third-order valence-corrected chi connectivity index (χ3v) is 4.78. The van der Waals surface area contributed by atoms with Crippen molar-refractivity contribution in [1.29, 1.82) is 0 Å². The first-order valence-corrected chi connectivity index (χ1v) is 8.62. The number of aldehydes is 1. The highest BCUT2D eigenvalue weighted by Gasteiger charge is 2.58. The molecule has 0 aromatic heterocycles. The molecule has 140 valence electrons. The van der Waals surface area contributed by atoms with Crippen molar-refractivity contribution < 1.29 is 28.8 Å². The molecule has 6 heteroatoms. The fraction of sp³-hybridized carbons (Fsp3) is 0.650. The first kappa shape index (κ1) is 19.1. The van der Waals surface area contributed by atoms with E-state index in [1.165, 1.54) is 0 Å². The van der Waals surface area contributed by atoms with Gasteiger partial charge < -0.3 is 24.1 Å². The molecule has 2 heterocycles. The summed E-state index contributed by atoms with van der Waals surface area (Å²) in [5.41, 5.74) is -2.38. The van der Waals surface area contributed by atoms with E-state index in [-0.39, 0.29) is 13.0 Å².